The van der Waals surface area contributed by atoms with E-state index in [1.54, 1.807) is 6.92 Å². The Labute approximate surface area is 116 Å². The van der Waals surface area contributed by atoms with E-state index in [-0.39, 0.29) is 30.8 Å². The Hall–Kier alpha value is -1.53. The van der Waals surface area contributed by atoms with Crippen LogP contribution in [0.2, 0.25) is 0 Å². The van der Waals surface area contributed by atoms with E-state index in [1.807, 2.05) is 0 Å². The zero-order valence-corrected chi connectivity index (χ0v) is 11.8. The van der Waals surface area contributed by atoms with Crippen LogP contribution in [0.4, 0.5) is 8.78 Å². The van der Waals surface area contributed by atoms with Crippen LogP contribution >= 0.6 is 0 Å². The van der Waals surface area contributed by atoms with Gasteiger partial charge in [-0.3, -0.25) is 4.79 Å². The monoisotopic (exact) mass is 287 g/mol. The zero-order valence-electron chi connectivity index (χ0n) is 11.8. The van der Waals surface area contributed by atoms with E-state index >= 15 is 0 Å². The molecule has 0 saturated heterocycles. The van der Waals surface area contributed by atoms with E-state index in [9.17, 15) is 13.6 Å². The highest BCUT2D eigenvalue weighted by atomic mass is 19.1. The summed E-state index contributed by atoms with van der Waals surface area (Å²) in [6.45, 7) is 3.15. The average molecular weight is 287 g/mol. The van der Waals surface area contributed by atoms with Crippen LogP contribution in [0.25, 0.3) is 0 Å². The molecule has 0 radical (unpaired) electrons. The number of halogens is 2. The maximum atomic E-state index is 13.6. The predicted octanol–water partition coefficient (Wildman–Crippen LogP) is 1.79. The summed E-state index contributed by atoms with van der Waals surface area (Å²) in [7, 11) is 1.46. The molecule has 0 aliphatic carbocycles. The van der Waals surface area contributed by atoms with Gasteiger partial charge in [0, 0.05) is 19.8 Å². The zero-order chi connectivity index (χ0) is 15.3. The summed E-state index contributed by atoms with van der Waals surface area (Å²) in [5.41, 5.74) is -0.869. The molecule has 0 saturated carbocycles. The fourth-order valence-corrected chi connectivity index (χ4v) is 1.91. The number of aliphatic hydroxyl groups excluding tert-OH is 1. The number of aryl methyl sites for hydroxylation is 1. The van der Waals surface area contributed by atoms with E-state index in [2.05, 4.69) is 5.32 Å². The smallest absolute Gasteiger partial charge is 0.254 e. The molecule has 112 valence electrons. The molecule has 1 aromatic carbocycles. The van der Waals surface area contributed by atoms with Crippen LogP contribution in [0.3, 0.4) is 0 Å². The Morgan fingerprint density at radius 2 is 2.05 bits per heavy atom. The average Bonchev–Trinajstić information content (AvgIpc) is 2.33. The lowest BCUT2D eigenvalue weighted by atomic mass is 9.98. The lowest BCUT2D eigenvalue weighted by molar-refractivity contribution is 0.0722. The van der Waals surface area contributed by atoms with E-state index < -0.39 is 23.1 Å². The van der Waals surface area contributed by atoms with Crippen LogP contribution in [0.15, 0.2) is 12.1 Å². The van der Waals surface area contributed by atoms with E-state index in [4.69, 9.17) is 9.84 Å². The minimum Gasteiger partial charge on any atom is -0.396 e. The summed E-state index contributed by atoms with van der Waals surface area (Å²) >= 11 is 0. The normalized spacial score (nSPS) is 13.9. The molecule has 0 aliphatic heterocycles. The first kappa shape index (κ1) is 16.5. The number of hydrogen-bond donors (Lipinski definition) is 2. The molecule has 0 fully saturated rings. The highest BCUT2D eigenvalue weighted by Crippen LogP contribution is 2.17. The molecule has 1 unspecified atom stereocenters. The standard InChI is InChI=1S/C14H19F2NO3/c1-9-6-10(12(16)7-11(9)15)13(19)17-14(2,4-5-18)8-20-3/h6-7,18H,4-5,8H2,1-3H3,(H,17,19). The second-order valence-electron chi connectivity index (χ2n) is 5.00. The van der Waals surface area contributed by atoms with Crippen LogP contribution in [0, 0.1) is 18.6 Å². The number of nitrogens with one attached hydrogen (secondary N) is 1. The first-order valence-corrected chi connectivity index (χ1v) is 6.21. The van der Waals surface area contributed by atoms with Crippen LogP contribution in [0.1, 0.15) is 29.3 Å². The number of carbonyl (C=O) groups excluding carboxylic acids is 1. The number of hydrogen-bond acceptors (Lipinski definition) is 3. The second kappa shape index (κ2) is 6.76. The summed E-state index contributed by atoms with van der Waals surface area (Å²) in [5, 5.41) is 11.6. The van der Waals surface area contributed by atoms with E-state index in [0.29, 0.717) is 6.07 Å². The Kier molecular flexibility index (Phi) is 5.59. The third-order valence-electron chi connectivity index (χ3n) is 3.03. The first-order valence-electron chi connectivity index (χ1n) is 6.21. The second-order valence-corrected chi connectivity index (χ2v) is 5.00. The number of aliphatic hydroxyl groups is 1. The van der Waals surface area contributed by atoms with Crippen LogP contribution in [0.5, 0.6) is 0 Å². The fourth-order valence-electron chi connectivity index (χ4n) is 1.91. The Balaban J connectivity index is 2.97. The summed E-state index contributed by atoms with van der Waals surface area (Å²) in [6.07, 6.45) is 0.258. The van der Waals surface area contributed by atoms with Crippen molar-refractivity contribution in [1.82, 2.24) is 5.32 Å². The summed E-state index contributed by atoms with van der Waals surface area (Å²) in [6, 6.07) is 1.84. The molecule has 1 aromatic rings. The van der Waals surface area contributed by atoms with Crippen molar-refractivity contribution in [3.05, 3.63) is 34.9 Å². The Morgan fingerprint density at radius 1 is 1.40 bits per heavy atom. The van der Waals surface area contributed by atoms with Gasteiger partial charge in [0.05, 0.1) is 17.7 Å². The molecule has 0 spiro atoms. The molecule has 2 N–H and O–H groups in total. The van der Waals surface area contributed by atoms with Crippen molar-refractivity contribution < 1.29 is 23.4 Å². The Bertz CT molecular complexity index is 486. The van der Waals surface area contributed by atoms with Crippen LogP contribution < -0.4 is 5.32 Å². The van der Waals surface area contributed by atoms with Gasteiger partial charge in [0.15, 0.2) is 0 Å². The number of carbonyl (C=O) groups is 1. The van der Waals surface area contributed by atoms with Crippen molar-refractivity contribution in [2.45, 2.75) is 25.8 Å². The molecule has 0 aromatic heterocycles. The SMILES string of the molecule is COCC(C)(CCO)NC(=O)c1cc(C)c(F)cc1F. The number of methoxy groups -OCH3 is 1. The molecule has 1 atom stereocenters. The predicted molar refractivity (Wildman–Crippen MR) is 70.5 cm³/mol. The molecule has 0 bridgehead atoms. The molecule has 20 heavy (non-hydrogen) atoms. The van der Waals surface area contributed by atoms with Gasteiger partial charge in [-0.2, -0.15) is 0 Å². The van der Waals surface area contributed by atoms with Gasteiger partial charge >= 0.3 is 0 Å². The molecular formula is C14H19F2NO3. The minimum absolute atomic E-state index is 0.148. The summed E-state index contributed by atoms with van der Waals surface area (Å²) in [4.78, 5) is 12.1. The maximum absolute atomic E-state index is 13.6. The van der Waals surface area contributed by atoms with Crippen molar-refractivity contribution >= 4 is 5.91 Å². The van der Waals surface area contributed by atoms with Gasteiger partial charge in [-0.1, -0.05) is 0 Å². The maximum Gasteiger partial charge on any atom is 0.254 e. The third kappa shape index (κ3) is 3.98. The number of benzene rings is 1. The number of rotatable bonds is 6. The molecular weight excluding hydrogens is 268 g/mol. The van der Waals surface area contributed by atoms with Gasteiger partial charge in [0.2, 0.25) is 0 Å². The molecule has 6 heteroatoms. The van der Waals surface area contributed by atoms with Gasteiger partial charge in [0.25, 0.3) is 5.91 Å². The van der Waals surface area contributed by atoms with Crippen molar-refractivity contribution in [3.63, 3.8) is 0 Å². The minimum atomic E-state index is -0.922. The summed E-state index contributed by atoms with van der Waals surface area (Å²) in [5.74, 6) is -2.29. The molecule has 4 nitrogen and oxygen atoms in total. The highest BCUT2D eigenvalue weighted by Gasteiger charge is 2.27. The molecule has 0 heterocycles. The topological polar surface area (TPSA) is 58.6 Å². The lowest BCUT2D eigenvalue weighted by Crippen LogP contribution is -2.50. The highest BCUT2D eigenvalue weighted by molar-refractivity contribution is 5.95. The van der Waals surface area contributed by atoms with Crippen molar-refractivity contribution in [2.75, 3.05) is 20.3 Å². The number of ether oxygens (including phenoxy) is 1. The Morgan fingerprint density at radius 3 is 2.60 bits per heavy atom. The van der Waals surface area contributed by atoms with Crippen molar-refractivity contribution in [2.24, 2.45) is 0 Å². The van der Waals surface area contributed by atoms with E-state index in [0.717, 1.165) is 6.07 Å². The quantitative estimate of drug-likeness (QED) is 0.838. The number of amides is 1. The third-order valence-corrected chi connectivity index (χ3v) is 3.03. The fraction of sp³-hybridized carbons (Fsp3) is 0.500. The van der Waals surface area contributed by atoms with Gasteiger partial charge in [-0.25, -0.2) is 8.78 Å². The molecule has 0 aliphatic rings. The lowest BCUT2D eigenvalue weighted by Gasteiger charge is -2.29. The van der Waals surface area contributed by atoms with Crippen molar-refractivity contribution in [1.29, 1.82) is 0 Å². The summed E-state index contributed by atoms with van der Waals surface area (Å²) < 4.78 is 31.8. The first-order chi connectivity index (χ1) is 9.33. The van der Waals surface area contributed by atoms with Gasteiger partial charge in [-0.05, 0) is 31.9 Å². The van der Waals surface area contributed by atoms with Crippen molar-refractivity contribution in [3.8, 4) is 0 Å². The van der Waals surface area contributed by atoms with Gasteiger partial charge in [-0.15, -0.1) is 0 Å². The molecule has 1 rings (SSSR count). The van der Waals surface area contributed by atoms with Gasteiger partial charge in [0.1, 0.15) is 11.6 Å². The van der Waals surface area contributed by atoms with Crippen LogP contribution in [-0.2, 0) is 4.74 Å². The van der Waals surface area contributed by atoms with Gasteiger partial charge < -0.3 is 15.2 Å². The largest absolute Gasteiger partial charge is 0.396 e. The van der Waals surface area contributed by atoms with E-state index in [1.165, 1.54) is 14.0 Å². The molecule has 1 amide bonds. The van der Waals surface area contributed by atoms with Crippen LogP contribution in [-0.4, -0.2) is 36.9 Å².